The molecule has 2 N–H and O–H groups in total. The van der Waals surface area contributed by atoms with Gasteiger partial charge in [0.15, 0.2) is 0 Å². The molecule has 1 aromatic heterocycles. The van der Waals surface area contributed by atoms with Crippen molar-refractivity contribution >= 4 is 12.0 Å². The van der Waals surface area contributed by atoms with Gasteiger partial charge in [-0.15, -0.1) is 5.12 Å². The Labute approximate surface area is 130 Å². The highest BCUT2D eigenvalue weighted by atomic mass is 19.2. The number of carbonyl (C=O) groups excluding carboxylic acids is 2. The van der Waals surface area contributed by atoms with Crippen LogP contribution in [0.25, 0.3) is 5.69 Å². The Balaban J connectivity index is 1.91. The minimum Gasteiger partial charge on any atom is -0.441 e. The summed E-state index contributed by atoms with van der Waals surface area (Å²) in [6.45, 7) is 1.49. The van der Waals surface area contributed by atoms with Crippen molar-refractivity contribution in [2.75, 3.05) is 0 Å². The zero-order valence-electron chi connectivity index (χ0n) is 12.2. The van der Waals surface area contributed by atoms with Crippen molar-refractivity contribution in [3.63, 3.8) is 0 Å². The Morgan fingerprint density at radius 2 is 1.91 bits per heavy atom. The van der Waals surface area contributed by atoms with Crippen molar-refractivity contribution in [2.24, 2.45) is 11.7 Å². The predicted molar refractivity (Wildman–Crippen MR) is 75.7 cm³/mol. The molecule has 3 rings (SSSR count). The first kappa shape index (κ1) is 14.9. The van der Waals surface area contributed by atoms with E-state index < -0.39 is 30.1 Å². The number of amides is 2. The Morgan fingerprint density at radius 3 is 2.48 bits per heavy atom. The lowest BCUT2D eigenvalue weighted by Crippen LogP contribution is -2.35. The number of cyclic esters (lactones) is 1. The van der Waals surface area contributed by atoms with E-state index in [1.807, 2.05) is 0 Å². The lowest BCUT2D eigenvalue weighted by molar-refractivity contribution is -0.124. The average molecular weight is 319 g/mol. The quantitative estimate of drug-likeness (QED) is 0.851. The number of hydrogen-bond acceptors (Lipinski definition) is 5. The van der Waals surface area contributed by atoms with Crippen LogP contribution in [0.5, 0.6) is 0 Å². The van der Waals surface area contributed by atoms with Crippen molar-refractivity contribution in [1.82, 2.24) is 20.1 Å². The van der Waals surface area contributed by atoms with Crippen molar-refractivity contribution in [2.45, 2.75) is 19.1 Å². The number of aromatic nitrogens is 3. The molecule has 1 saturated heterocycles. The van der Waals surface area contributed by atoms with Gasteiger partial charge < -0.3 is 10.5 Å². The van der Waals surface area contributed by atoms with Gasteiger partial charge in [-0.3, -0.25) is 4.79 Å². The van der Waals surface area contributed by atoms with Crippen LogP contribution in [0, 0.1) is 5.92 Å². The minimum absolute atomic E-state index is 0.0225. The van der Waals surface area contributed by atoms with E-state index >= 15 is 0 Å². The first-order chi connectivity index (χ1) is 11.0. The van der Waals surface area contributed by atoms with Gasteiger partial charge in [0, 0.05) is 0 Å². The SMILES string of the molecule is CC(C(N)=O)C1OC(=O)N(F)C1c1ccc(-n2nccn2)cc1. The third kappa shape index (κ3) is 2.60. The highest BCUT2D eigenvalue weighted by Crippen LogP contribution is 2.37. The van der Waals surface area contributed by atoms with Crippen LogP contribution in [0.3, 0.4) is 0 Å². The molecular weight excluding hydrogens is 305 g/mol. The molecule has 2 aromatic rings. The van der Waals surface area contributed by atoms with E-state index in [0.29, 0.717) is 11.3 Å². The van der Waals surface area contributed by atoms with Crippen LogP contribution in [0.1, 0.15) is 18.5 Å². The molecule has 1 aromatic carbocycles. The summed E-state index contributed by atoms with van der Waals surface area (Å²) in [7, 11) is 0. The summed E-state index contributed by atoms with van der Waals surface area (Å²) in [4.78, 5) is 24.3. The molecule has 1 fully saturated rings. The van der Waals surface area contributed by atoms with E-state index in [1.165, 1.54) is 24.1 Å². The monoisotopic (exact) mass is 319 g/mol. The van der Waals surface area contributed by atoms with Crippen LogP contribution in [0.4, 0.5) is 9.28 Å². The van der Waals surface area contributed by atoms with Gasteiger partial charge in [-0.2, -0.15) is 15.0 Å². The fraction of sp³-hybridized carbons (Fsp3) is 0.286. The number of carbonyl (C=O) groups is 2. The summed E-state index contributed by atoms with van der Waals surface area (Å²) in [5, 5.41) is 7.95. The van der Waals surface area contributed by atoms with Gasteiger partial charge in [-0.05, 0) is 24.6 Å². The number of nitrogens with two attached hydrogens (primary N) is 1. The highest BCUT2D eigenvalue weighted by Gasteiger charge is 2.47. The predicted octanol–water partition coefficient (Wildman–Crippen LogP) is 1.14. The van der Waals surface area contributed by atoms with Crippen molar-refractivity contribution in [3.8, 4) is 5.69 Å². The fourth-order valence-electron chi connectivity index (χ4n) is 2.49. The number of primary amides is 1. The second kappa shape index (κ2) is 5.67. The topological polar surface area (TPSA) is 103 Å². The molecule has 0 saturated carbocycles. The Kier molecular flexibility index (Phi) is 3.68. The van der Waals surface area contributed by atoms with E-state index in [2.05, 4.69) is 10.2 Å². The molecular formula is C14H14FN5O3. The van der Waals surface area contributed by atoms with Crippen LogP contribution < -0.4 is 5.73 Å². The lowest BCUT2D eigenvalue weighted by Gasteiger charge is -2.22. The maximum absolute atomic E-state index is 14.1. The Hall–Kier alpha value is -2.97. The lowest BCUT2D eigenvalue weighted by atomic mass is 9.92. The van der Waals surface area contributed by atoms with Crippen molar-refractivity contribution in [3.05, 3.63) is 42.2 Å². The smallest absolute Gasteiger partial charge is 0.439 e. The molecule has 2 heterocycles. The molecule has 0 spiro atoms. The van der Waals surface area contributed by atoms with Gasteiger partial charge in [0.05, 0.1) is 24.0 Å². The maximum atomic E-state index is 14.1. The third-order valence-electron chi connectivity index (χ3n) is 3.79. The molecule has 2 amide bonds. The maximum Gasteiger partial charge on any atom is 0.439 e. The fourth-order valence-corrected chi connectivity index (χ4v) is 2.49. The number of ether oxygens (including phenoxy) is 1. The summed E-state index contributed by atoms with van der Waals surface area (Å²) < 4.78 is 19.0. The van der Waals surface area contributed by atoms with Gasteiger partial charge in [0.25, 0.3) is 0 Å². The van der Waals surface area contributed by atoms with Crippen molar-refractivity contribution < 1.29 is 18.8 Å². The van der Waals surface area contributed by atoms with Crippen LogP contribution >= 0.6 is 0 Å². The second-order valence-electron chi connectivity index (χ2n) is 5.21. The molecule has 1 aliphatic heterocycles. The summed E-state index contributed by atoms with van der Waals surface area (Å²) in [6, 6.07) is 5.57. The van der Waals surface area contributed by atoms with E-state index in [1.54, 1.807) is 24.3 Å². The molecule has 0 radical (unpaired) electrons. The first-order valence-corrected chi connectivity index (χ1v) is 6.90. The Morgan fingerprint density at radius 1 is 1.30 bits per heavy atom. The van der Waals surface area contributed by atoms with E-state index in [0.717, 1.165) is 0 Å². The standard InChI is InChI=1S/C14H14FN5O3/c1-8(13(16)21)12-11(19(15)14(22)23-12)9-2-4-10(5-3-9)20-17-6-7-18-20/h2-8,11-12H,1H3,(H2,16,21). The van der Waals surface area contributed by atoms with Crippen LogP contribution in [0.15, 0.2) is 36.7 Å². The van der Waals surface area contributed by atoms with Crippen molar-refractivity contribution in [1.29, 1.82) is 0 Å². The molecule has 23 heavy (non-hydrogen) atoms. The van der Waals surface area contributed by atoms with Gasteiger partial charge in [0.2, 0.25) is 5.91 Å². The van der Waals surface area contributed by atoms with E-state index in [9.17, 15) is 14.1 Å². The molecule has 3 atom stereocenters. The average Bonchev–Trinajstić information content (AvgIpc) is 3.16. The molecule has 1 aliphatic rings. The first-order valence-electron chi connectivity index (χ1n) is 6.90. The summed E-state index contributed by atoms with van der Waals surface area (Å²) >= 11 is 0. The summed E-state index contributed by atoms with van der Waals surface area (Å²) in [6.07, 6.45) is 0.945. The number of nitrogens with zero attached hydrogens (tertiary/aromatic N) is 4. The second-order valence-corrected chi connectivity index (χ2v) is 5.21. The summed E-state index contributed by atoms with van der Waals surface area (Å²) in [5.41, 5.74) is 6.40. The minimum atomic E-state index is -1.13. The van der Waals surface area contributed by atoms with E-state index in [-0.39, 0.29) is 5.12 Å². The molecule has 8 nitrogen and oxygen atoms in total. The van der Waals surface area contributed by atoms with Crippen LogP contribution in [-0.4, -0.2) is 38.2 Å². The summed E-state index contributed by atoms with van der Waals surface area (Å²) in [5.74, 6) is -1.49. The number of hydrogen-bond donors (Lipinski definition) is 1. The normalized spacial score (nSPS) is 22.0. The van der Waals surface area contributed by atoms with Gasteiger partial charge in [-0.1, -0.05) is 16.6 Å². The van der Waals surface area contributed by atoms with Gasteiger partial charge in [0.1, 0.15) is 12.1 Å². The Bertz CT molecular complexity index is 719. The highest BCUT2D eigenvalue weighted by molar-refractivity contribution is 5.79. The van der Waals surface area contributed by atoms with Crippen LogP contribution in [-0.2, 0) is 9.53 Å². The van der Waals surface area contributed by atoms with Crippen LogP contribution in [0.2, 0.25) is 0 Å². The number of rotatable bonds is 4. The van der Waals surface area contributed by atoms with Gasteiger partial charge >= 0.3 is 6.09 Å². The zero-order valence-corrected chi connectivity index (χ0v) is 12.2. The third-order valence-corrected chi connectivity index (χ3v) is 3.79. The molecule has 0 aliphatic carbocycles. The molecule has 120 valence electrons. The molecule has 9 heteroatoms. The number of halogens is 1. The molecule has 0 bridgehead atoms. The zero-order chi connectivity index (χ0) is 16.6. The largest absolute Gasteiger partial charge is 0.441 e. The molecule has 3 unspecified atom stereocenters. The van der Waals surface area contributed by atoms with Gasteiger partial charge in [-0.25, -0.2) is 4.79 Å². The van der Waals surface area contributed by atoms with E-state index in [4.69, 9.17) is 10.5 Å². The number of benzene rings is 1.